The van der Waals surface area contributed by atoms with Gasteiger partial charge in [0.05, 0.1) is 12.5 Å². The molecular formula is C20H21F2NO4. The van der Waals surface area contributed by atoms with Gasteiger partial charge in [0.25, 0.3) is 0 Å². The number of rotatable bonds is 3. The van der Waals surface area contributed by atoms with Gasteiger partial charge in [-0.05, 0) is 18.4 Å². The SMILES string of the molecule is CCOC(=O)C1=C(N)OC2=C(C(=O)CC(C)(C)C2)[C@H]1c1ccc(F)cc1F. The van der Waals surface area contributed by atoms with Crippen LogP contribution in [-0.2, 0) is 19.1 Å². The molecule has 7 heteroatoms. The third-order valence-corrected chi connectivity index (χ3v) is 4.72. The highest BCUT2D eigenvalue weighted by atomic mass is 19.1. The van der Waals surface area contributed by atoms with Crippen LogP contribution in [0.25, 0.3) is 0 Å². The van der Waals surface area contributed by atoms with Crippen LogP contribution in [-0.4, -0.2) is 18.4 Å². The molecule has 0 aromatic heterocycles. The van der Waals surface area contributed by atoms with Crippen molar-refractivity contribution in [2.75, 3.05) is 6.61 Å². The summed E-state index contributed by atoms with van der Waals surface area (Å²) in [7, 11) is 0. The summed E-state index contributed by atoms with van der Waals surface area (Å²) >= 11 is 0. The summed E-state index contributed by atoms with van der Waals surface area (Å²) in [6, 6.07) is 3.00. The van der Waals surface area contributed by atoms with E-state index >= 15 is 0 Å². The molecule has 1 aliphatic heterocycles. The Morgan fingerprint density at radius 3 is 2.67 bits per heavy atom. The minimum absolute atomic E-state index is 0.0220. The fraction of sp³-hybridized carbons (Fsp3) is 0.400. The Balaban J connectivity index is 2.22. The maximum Gasteiger partial charge on any atom is 0.340 e. The molecule has 3 rings (SSSR count). The molecule has 27 heavy (non-hydrogen) atoms. The van der Waals surface area contributed by atoms with Crippen LogP contribution in [0.1, 0.15) is 45.1 Å². The fourth-order valence-electron chi connectivity index (χ4n) is 3.64. The van der Waals surface area contributed by atoms with Crippen molar-refractivity contribution in [1.82, 2.24) is 0 Å². The normalized spacial score (nSPS) is 21.7. The van der Waals surface area contributed by atoms with Crippen LogP contribution in [0.4, 0.5) is 8.78 Å². The molecule has 1 aliphatic carbocycles. The van der Waals surface area contributed by atoms with Gasteiger partial charge in [-0.25, -0.2) is 13.6 Å². The Bertz CT molecular complexity index is 886. The van der Waals surface area contributed by atoms with Crippen LogP contribution in [0.3, 0.4) is 0 Å². The molecule has 0 amide bonds. The first-order valence-corrected chi connectivity index (χ1v) is 8.70. The highest BCUT2D eigenvalue weighted by Gasteiger charge is 2.45. The number of allylic oxidation sites excluding steroid dienone is 2. The van der Waals surface area contributed by atoms with Crippen LogP contribution >= 0.6 is 0 Å². The first-order valence-electron chi connectivity index (χ1n) is 8.70. The van der Waals surface area contributed by atoms with Crippen molar-refractivity contribution >= 4 is 11.8 Å². The van der Waals surface area contributed by atoms with Crippen molar-refractivity contribution in [2.24, 2.45) is 11.1 Å². The molecule has 0 saturated carbocycles. The minimum atomic E-state index is -1.10. The maximum atomic E-state index is 14.6. The minimum Gasteiger partial charge on any atom is -0.462 e. The van der Waals surface area contributed by atoms with Crippen molar-refractivity contribution < 1.29 is 27.8 Å². The van der Waals surface area contributed by atoms with Crippen molar-refractivity contribution in [3.05, 3.63) is 58.2 Å². The van der Waals surface area contributed by atoms with Crippen molar-refractivity contribution in [1.29, 1.82) is 0 Å². The second kappa shape index (κ2) is 6.79. The summed E-state index contributed by atoms with van der Waals surface area (Å²) < 4.78 is 38.6. The zero-order valence-electron chi connectivity index (χ0n) is 15.4. The Labute approximate surface area is 155 Å². The monoisotopic (exact) mass is 377 g/mol. The number of ketones is 1. The first-order chi connectivity index (χ1) is 12.6. The number of hydrogen-bond donors (Lipinski definition) is 1. The molecule has 1 heterocycles. The number of benzene rings is 1. The number of halogens is 2. The highest BCUT2D eigenvalue weighted by molar-refractivity contribution is 6.03. The van der Waals surface area contributed by atoms with Crippen LogP contribution in [0.2, 0.25) is 0 Å². The van der Waals surface area contributed by atoms with E-state index in [1.165, 1.54) is 6.07 Å². The summed E-state index contributed by atoms with van der Waals surface area (Å²) in [5, 5.41) is 0. The number of Topliss-reactive ketones (excluding diaryl/α,β-unsaturated/α-hetero) is 1. The lowest BCUT2D eigenvalue weighted by atomic mass is 9.70. The van der Waals surface area contributed by atoms with Crippen molar-refractivity contribution in [2.45, 2.75) is 39.5 Å². The molecule has 0 spiro atoms. The lowest BCUT2D eigenvalue weighted by molar-refractivity contribution is -0.139. The van der Waals surface area contributed by atoms with Crippen molar-refractivity contribution in [3.8, 4) is 0 Å². The Hall–Kier alpha value is -2.70. The van der Waals surface area contributed by atoms with E-state index in [0.29, 0.717) is 18.2 Å². The van der Waals surface area contributed by atoms with Gasteiger partial charge in [0.2, 0.25) is 5.88 Å². The van der Waals surface area contributed by atoms with Crippen molar-refractivity contribution in [3.63, 3.8) is 0 Å². The standard InChI is InChI=1S/C20H21F2NO4/c1-4-26-19(25)17-15(11-6-5-10(21)7-12(11)22)16-13(24)8-20(2,3)9-14(16)27-18(17)23/h5-7,15H,4,8-9,23H2,1-3H3/t15-/m1/s1. The number of nitrogens with two attached hydrogens (primary N) is 1. The number of carbonyl (C=O) groups is 2. The van der Waals surface area contributed by atoms with Gasteiger partial charge in [-0.2, -0.15) is 0 Å². The summed E-state index contributed by atoms with van der Waals surface area (Å²) in [6.45, 7) is 5.50. The van der Waals surface area contributed by atoms with Gasteiger partial charge in [0.15, 0.2) is 5.78 Å². The van der Waals surface area contributed by atoms with Gasteiger partial charge >= 0.3 is 5.97 Å². The predicted molar refractivity (Wildman–Crippen MR) is 93.1 cm³/mol. The van der Waals surface area contributed by atoms with Crippen LogP contribution in [0, 0.1) is 17.0 Å². The Kier molecular flexibility index (Phi) is 4.80. The van der Waals surface area contributed by atoms with E-state index in [0.717, 1.165) is 6.07 Å². The highest BCUT2D eigenvalue weighted by Crippen LogP contribution is 2.48. The quantitative estimate of drug-likeness (QED) is 0.816. The van der Waals surface area contributed by atoms with Gasteiger partial charge in [0.1, 0.15) is 23.0 Å². The van der Waals surface area contributed by atoms with E-state index in [-0.39, 0.29) is 46.8 Å². The second-order valence-electron chi connectivity index (χ2n) is 7.48. The molecule has 0 radical (unpaired) electrons. The van der Waals surface area contributed by atoms with E-state index < -0.39 is 23.5 Å². The third kappa shape index (κ3) is 3.46. The molecular weight excluding hydrogens is 356 g/mol. The van der Waals surface area contributed by atoms with Gasteiger partial charge in [-0.15, -0.1) is 0 Å². The average molecular weight is 377 g/mol. The maximum absolute atomic E-state index is 14.6. The van der Waals surface area contributed by atoms with Crippen LogP contribution < -0.4 is 5.73 Å². The Morgan fingerprint density at radius 2 is 2.04 bits per heavy atom. The number of carbonyl (C=O) groups excluding carboxylic acids is 2. The topological polar surface area (TPSA) is 78.6 Å². The molecule has 1 atom stereocenters. The van der Waals surface area contributed by atoms with Crippen LogP contribution in [0.5, 0.6) is 0 Å². The van der Waals surface area contributed by atoms with E-state index in [1.54, 1.807) is 6.92 Å². The molecule has 2 N–H and O–H groups in total. The smallest absolute Gasteiger partial charge is 0.340 e. The second-order valence-corrected chi connectivity index (χ2v) is 7.48. The first kappa shape index (κ1) is 19.1. The molecule has 0 bridgehead atoms. The lowest BCUT2D eigenvalue weighted by Crippen LogP contribution is -2.36. The molecule has 1 aromatic rings. The van der Waals surface area contributed by atoms with Gasteiger partial charge < -0.3 is 15.2 Å². The lowest BCUT2D eigenvalue weighted by Gasteiger charge is -2.38. The third-order valence-electron chi connectivity index (χ3n) is 4.72. The molecule has 0 saturated heterocycles. The van der Waals surface area contributed by atoms with Crippen LogP contribution in [0.15, 0.2) is 41.0 Å². The van der Waals surface area contributed by atoms with E-state index in [9.17, 15) is 18.4 Å². The Morgan fingerprint density at radius 1 is 1.33 bits per heavy atom. The summed E-state index contributed by atoms with van der Waals surface area (Å²) in [6.07, 6.45) is 0.620. The molecule has 144 valence electrons. The summed E-state index contributed by atoms with van der Waals surface area (Å²) in [5.74, 6) is -3.71. The average Bonchev–Trinajstić information content (AvgIpc) is 2.52. The van der Waals surface area contributed by atoms with E-state index in [1.807, 2.05) is 13.8 Å². The van der Waals surface area contributed by atoms with Gasteiger partial charge in [0, 0.05) is 30.0 Å². The zero-order chi connectivity index (χ0) is 19.9. The summed E-state index contributed by atoms with van der Waals surface area (Å²) in [4.78, 5) is 25.4. The van der Waals surface area contributed by atoms with Gasteiger partial charge in [-0.3, -0.25) is 4.79 Å². The molecule has 0 fully saturated rings. The number of hydrogen-bond acceptors (Lipinski definition) is 5. The fourth-order valence-corrected chi connectivity index (χ4v) is 3.64. The van der Waals surface area contributed by atoms with E-state index in [2.05, 4.69) is 0 Å². The van der Waals surface area contributed by atoms with Gasteiger partial charge in [-0.1, -0.05) is 19.9 Å². The number of ether oxygens (including phenoxy) is 2. The van der Waals surface area contributed by atoms with E-state index in [4.69, 9.17) is 15.2 Å². The number of esters is 1. The summed E-state index contributed by atoms with van der Waals surface area (Å²) in [5.41, 5.74) is 5.63. The predicted octanol–water partition coefficient (Wildman–Crippen LogP) is 3.46. The largest absolute Gasteiger partial charge is 0.462 e. The molecule has 1 aromatic carbocycles. The molecule has 2 aliphatic rings. The zero-order valence-corrected chi connectivity index (χ0v) is 15.4. The molecule has 5 nitrogen and oxygen atoms in total. The molecule has 0 unspecified atom stereocenters.